The third kappa shape index (κ3) is 3.22. The van der Waals surface area contributed by atoms with Gasteiger partial charge in [-0.2, -0.15) is 5.10 Å². The quantitative estimate of drug-likeness (QED) is 0.742. The van der Waals surface area contributed by atoms with Gasteiger partial charge in [-0.1, -0.05) is 0 Å². The summed E-state index contributed by atoms with van der Waals surface area (Å²) in [6.45, 7) is 10.8. The van der Waals surface area contributed by atoms with E-state index in [0.29, 0.717) is 18.0 Å². The highest BCUT2D eigenvalue weighted by molar-refractivity contribution is 6.01. The van der Waals surface area contributed by atoms with E-state index in [1.165, 1.54) is 33.4 Å². The van der Waals surface area contributed by atoms with Gasteiger partial charge in [-0.3, -0.25) is 9.89 Å². The molecule has 0 atom stereocenters. The standard InChI is InChI=1S/C20H23N3O2/c1-11-12(2)14(4)17(15(5)13(11)3)10-16-6-7-18(25-16)20(24)22-19-8-9-21-23-19/h6-9H,10H2,1-5H3,(H2,21,22,23,24). The Hall–Kier alpha value is -2.82. The first-order chi connectivity index (χ1) is 11.9. The lowest BCUT2D eigenvalue weighted by Gasteiger charge is -2.18. The fourth-order valence-electron chi connectivity index (χ4n) is 3.12. The molecule has 0 fully saturated rings. The number of aromatic amines is 1. The molecular formula is C20H23N3O2. The van der Waals surface area contributed by atoms with Crippen LogP contribution in [0, 0.1) is 34.6 Å². The summed E-state index contributed by atoms with van der Waals surface area (Å²) in [5, 5.41) is 9.21. The Morgan fingerprint density at radius 3 is 2.24 bits per heavy atom. The Morgan fingerprint density at radius 1 is 1.00 bits per heavy atom. The van der Waals surface area contributed by atoms with Gasteiger partial charge in [0.25, 0.3) is 5.91 Å². The highest BCUT2D eigenvalue weighted by atomic mass is 16.3. The van der Waals surface area contributed by atoms with Crippen LogP contribution in [0.25, 0.3) is 0 Å². The van der Waals surface area contributed by atoms with Crippen molar-refractivity contribution in [1.29, 1.82) is 0 Å². The molecule has 1 aromatic carbocycles. The van der Waals surface area contributed by atoms with E-state index in [-0.39, 0.29) is 5.91 Å². The lowest BCUT2D eigenvalue weighted by Crippen LogP contribution is -2.11. The summed E-state index contributed by atoms with van der Waals surface area (Å²) in [6.07, 6.45) is 2.26. The molecule has 3 aromatic rings. The third-order valence-electron chi connectivity index (χ3n) is 5.14. The van der Waals surface area contributed by atoms with Gasteiger partial charge < -0.3 is 9.73 Å². The van der Waals surface area contributed by atoms with Crippen LogP contribution in [-0.2, 0) is 6.42 Å². The lowest BCUT2D eigenvalue weighted by molar-refractivity contribution is 0.0994. The second kappa shape index (κ2) is 6.59. The van der Waals surface area contributed by atoms with Gasteiger partial charge in [0.1, 0.15) is 11.6 Å². The molecule has 5 nitrogen and oxygen atoms in total. The Labute approximate surface area is 147 Å². The minimum atomic E-state index is -0.291. The zero-order valence-electron chi connectivity index (χ0n) is 15.3. The van der Waals surface area contributed by atoms with E-state index in [0.717, 1.165) is 5.76 Å². The van der Waals surface area contributed by atoms with Crippen molar-refractivity contribution >= 4 is 11.7 Å². The average molecular weight is 337 g/mol. The zero-order chi connectivity index (χ0) is 18.1. The molecule has 2 aromatic heterocycles. The first-order valence-corrected chi connectivity index (χ1v) is 8.33. The van der Waals surface area contributed by atoms with Crippen LogP contribution >= 0.6 is 0 Å². The summed E-state index contributed by atoms with van der Waals surface area (Å²) in [7, 11) is 0. The van der Waals surface area contributed by atoms with E-state index < -0.39 is 0 Å². The molecule has 0 aliphatic rings. The fourth-order valence-corrected chi connectivity index (χ4v) is 3.12. The van der Waals surface area contributed by atoms with Crippen LogP contribution in [0.3, 0.4) is 0 Å². The van der Waals surface area contributed by atoms with Gasteiger partial charge in [-0.05, 0) is 80.1 Å². The van der Waals surface area contributed by atoms with Crippen molar-refractivity contribution in [2.75, 3.05) is 5.32 Å². The van der Waals surface area contributed by atoms with Crippen molar-refractivity contribution in [1.82, 2.24) is 10.2 Å². The number of H-pyrrole nitrogens is 1. The summed E-state index contributed by atoms with van der Waals surface area (Å²) in [5.74, 6) is 1.32. The predicted molar refractivity (Wildman–Crippen MR) is 98.2 cm³/mol. The third-order valence-corrected chi connectivity index (χ3v) is 5.14. The number of benzene rings is 1. The molecular weight excluding hydrogens is 314 g/mol. The Bertz CT molecular complexity index is 892. The van der Waals surface area contributed by atoms with Gasteiger partial charge in [0.2, 0.25) is 0 Å². The Balaban J connectivity index is 1.84. The van der Waals surface area contributed by atoms with Crippen molar-refractivity contribution in [2.24, 2.45) is 0 Å². The molecule has 0 aliphatic carbocycles. The number of nitrogens with zero attached hydrogens (tertiary/aromatic N) is 1. The van der Waals surface area contributed by atoms with E-state index in [2.05, 4.69) is 50.1 Å². The van der Waals surface area contributed by atoms with Crippen LogP contribution in [0.2, 0.25) is 0 Å². The second-order valence-electron chi connectivity index (χ2n) is 6.47. The second-order valence-corrected chi connectivity index (χ2v) is 6.47. The number of carbonyl (C=O) groups excluding carboxylic acids is 1. The summed E-state index contributed by atoms with van der Waals surface area (Å²) in [5.41, 5.74) is 7.85. The minimum absolute atomic E-state index is 0.291. The van der Waals surface area contributed by atoms with Gasteiger partial charge >= 0.3 is 0 Å². The molecule has 0 saturated carbocycles. The smallest absolute Gasteiger partial charge is 0.292 e. The number of amides is 1. The van der Waals surface area contributed by atoms with Crippen molar-refractivity contribution in [3.05, 3.63) is 69.3 Å². The number of nitrogens with one attached hydrogen (secondary N) is 2. The Morgan fingerprint density at radius 2 is 1.64 bits per heavy atom. The van der Waals surface area contributed by atoms with Crippen LogP contribution in [-0.4, -0.2) is 16.1 Å². The maximum absolute atomic E-state index is 12.2. The molecule has 25 heavy (non-hydrogen) atoms. The van der Waals surface area contributed by atoms with Crippen LogP contribution in [0.15, 0.2) is 28.8 Å². The maximum Gasteiger partial charge on any atom is 0.292 e. The van der Waals surface area contributed by atoms with Crippen LogP contribution in [0.5, 0.6) is 0 Å². The first kappa shape index (κ1) is 17.0. The average Bonchev–Trinajstić information content (AvgIpc) is 3.27. The SMILES string of the molecule is Cc1c(C)c(C)c(Cc2ccc(C(=O)Nc3ccn[nH]3)o2)c(C)c1C. The summed E-state index contributed by atoms with van der Waals surface area (Å²) in [4.78, 5) is 12.2. The highest BCUT2D eigenvalue weighted by Gasteiger charge is 2.16. The monoisotopic (exact) mass is 337 g/mol. The van der Waals surface area contributed by atoms with Gasteiger partial charge in [-0.25, -0.2) is 0 Å². The molecule has 2 heterocycles. The van der Waals surface area contributed by atoms with E-state index in [1.807, 2.05) is 6.07 Å². The van der Waals surface area contributed by atoms with Crippen molar-refractivity contribution in [3.63, 3.8) is 0 Å². The number of hydrogen-bond donors (Lipinski definition) is 2. The predicted octanol–water partition coefficient (Wildman–Crippen LogP) is 4.39. The summed E-state index contributed by atoms with van der Waals surface area (Å²) >= 11 is 0. The fraction of sp³-hybridized carbons (Fsp3) is 0.300. The van der Waals surface area contributed by atoms with Crippen LogP contribution < -0.4 is 5.32 Å². The minimum Gasteiger partial charge on any atom is -0.456 e. The zero-order valence-corrected chi connectivity index (χ0v) is 15.3. The molecule has 130 valence electrons. The topological polar surface area (TPSA) is 70.9 Å². The number of anilines is 1. The number of hydrogen-bond acceptors (Lipinski definition) is 3. The molecule has 0 aliphatic heterocycles. The van der Waals surface area contributed by atoms with Crippen LogP contribution in [0.4, 0.5) is 5.82 Å². The number of rotatable bonds is 4. The largest absolute Gasteiger partial charge is 0.456 e. The molecule has 0 saturated heterocycles. The molecule has 0 unspecified atom stereocenters. The van der Waals surface area contributed by atoms with E-state index in [1.54, 1.807) is 18.3 Å². The molecule has 1 amide bonds. The molecule has 0 radical (unpaired) electrons. The lowest BCUT2D eigenvalue weighted by atomic mass is 9.88. The van der Waals surface area contributed by atoms with E-state index >= 15 is 0 Å². The van der Waals surface area contributed by atoms with Crippen molar-refractivity contribution in [2.45, 2.75) is 41.0 Å². The number of carbonyl (C=O) groups is 1. The number of furan rings is 1. The van der Waals surface area contributed by atoms with Gasteiger partial charge in [0, 0.05) is 12.5 Å². The maximum atomic E-state index is 12.2. The molecule has 3 rings (SSSR count). The number of aromatic nitrogens is 2. The molecule has 0 spiro atoms. The van der Waals surface area contributed by atoms with E-state index in [9.17, 15) is 4.79 Å². The molecule has 5 heteroatoms. The first-order valence-electron chi connectivity index (χ1n) is 8.33. The normalized spacial score (nSPS) is 10.9. The molecule has 2 N–H and O–H groups in total. The van der Waals surface area contributed by atoms with Gasteiger partial charge in [-0.15, -0.1) is 0 Å². The highest BCUT2D eigenvalue weighted by Crippen LogP contribution is 2.28. The van der Waals surface area contributed by atoms with Gasteiger partial charge in [0.05, 0.1) is 6.20 Å². The molecule has 0 bridgehead atoms. The van der Waals surface area contributed by atoms with E-state index in [4.69, 9.17) is 4.42 Å². The van der Waals surface area contributed by atoms with Crippen LogP contribution in [0.1, 0.15) is 49.7 Å². The van der Waals surface area contributed by atoms with Crippen molar-refractivity contribution < 1.29 is 9.21 Å². The summed E-state index contributed by atoms with van der Waals surface area (Å²) < 4.78 is 5.77. The summed E-state index contributed by atoms with van der Waals surface area (Å²) in [6, 6.07) is 5.26. The van der Waals surface area contributed by atoms with Crippen molar-refractivity contribution in [3.8, 4) is 0 Å². The van der Waals surface area contributed by atoms with Gasteiger partial charge in [0.15, 0.2) is 5.76 Å². The Kier molecular flexibility index (Phi) is 4.49.